The van der Waals surface area contributed by atoms with Crippen molar-refractivity contribution in [1.29, 1.82) is 0 Å². The van der Waals surface area contributed by atoms with Crippen LogP contribution < -0.4 is 14.4 Å². The molecule has 3 aromatic rings. The van der Waals surface area contributed by atoms with Crippen LogP contribution in [0.25, 0.3) is 11.3 Å². The molecule has 1 fully saturated rings. The summed E-state index contributed by atoms with van der Waals surface area (Å²) >= 11 is 1.46. The van der Waals surface area contributed by atoms with Gasteiger partial charge in [-0.05, 0) is 38.3 Å². The van der Waals surface area contributed by atoms with Crippen molar-refractivity contribution in [2.24, 2.45) is 0 Å². The van der Waals surface area contributed by atoms with Gasteiger partial charge in [-0.3, -0.25) is 9.69 Å². The molecular formula is C25H28N2O4S. The summed E-state index contributed by atoms with van der Waals surface area (Å²) in [6.45, 7) is 3.09. The van der Waals surface area contributed by atoms with E-state index in [-0.39, 0.29) is 12.0 Å². The molecule has 1 saturated heterocycles. The zero-order valence-corrected chi connectivity index (χ0v) is 19.5. The molecule has 168 valence electrons. The van der Waals surface area contributed by atoms with E-state index >= 15 is 0 Å². The van der Waals surface area contributed by atoms with Gasteiger partial charge in [0, 0.05) is 28.7 Å². The van der Waals surface area contributed by atoms with Crippen LogP contribution in [0.3, 0.4) is 0 Å². The lowest BCUT2D eigenvalue weighted by molar-refractivity contribution is 0.0207. The number of nitrogens with zero attached hydrogens (tertiary/aromatic N) is 2. The van der Waals surface area contributed by atoms with Crippen molar-refractivity contribution >= 4 is 22.4 Å². The molecule has 32 heavy (non-hydrogen) atoms. The van der Waals surface area contributed by atoms with Crippen LogP contribution in [-0.4, -0.2) is 44.4 Å². The Morgan fingerprint density at radius 1 is 1.16 bits per heavy atom. The molecule has 1 aliphatic rings. The highest BCUT2D eigenvalue weighted by Gasteiger charge is 2.27. The monoisotopic (exact) mass is 452 g/mol. The summed E-state index contributed by atoms with van der Waals surface area (Å²) in [5.41, 5.74) is 3.23. The van der Waals surface area contributed by atoms with E-state index in [4.69, 9.17) is 19.2 Å². The quantitative estimate of drug-likeness (QED) is 0.483. The maximum Gasteiger partial charge on any atom is 0.260 e. The molecule has 0 aliphatic carbocycles. The first kappa shape index (κ1) is 22.3. The second-order valence-corrected chi connectivity index (χ2v) is 8.63. The lowest BCUT2D eigenvalue weighted by Crippen LogP contribution is -2.40. The average molecular weight is 453 g/mol. The van der Waals surface area contributed by atoms with Crippen LogP contribution in [0.15, 0.2) is 47.8 Å². The number of hydrogen-bond acceptors (Lipinski definition) is 6. The van der Waals surface area contributed by atoms with E-state index in [2.05, 4.69) is 0 Å². The van der Waals surface area contributed by atoms with E-state index in [0.29, 0.717) is 28.7 Å². The Balaban J connectivity index is 1.70. The number of carbonyl (C=O) groups excluding carboxylic acids is 1. The number of carbonyl (C=O) groups is 1. The normalized spacial score (nSPS) is 15.9. The van der Waals surface area contributed by atoms with E-state index in [0.717, 1.165) is 42.7 Å². The molecule has 0 bridgehead atoms. The largest absolute Gasteiger partial charge is 0.496 e. The summed E-state index contributed by atoms with van der Waals surface area (Å²) in [7, 11) is 3.19. The number of rotatable bonds is 7. The van der Waals surface area contributed by atoms with E-state index < -0.39 is 0 Å². The first-order chi connectivity index (χ1) is 15.6. The number of hydrogen-bond donors (Lipinski definition) is 0. The summed E-state index contributed by atoms with van der Waals surface area (Å²) in [6, 6.07) is 13.5. The molecule has 0 N–H and O–H groups in total. The van der Waals surface area contributed by atoms with Gasteiger partial charge in [0.15, 0.2) is 5.13 Å². The second-order valence-electron chi connectivity index (χ2n) is 7.79. The first-order valence-corrected chi connectivity index (χ1v) is 11.7. The van der Waals surface area contributed by atoms with Crippen molar-refractivity contribution in [2.75, 3.05) is 32.3 Å². The van der Waals surface area contributed by atoms with Gasteiger partial charge < -0.3 is 14.2 Å². The Morgan fingerprint density at radius 2 is 1.88 bits per heavy atom. The lowest BCUT2D eigenvalue weighted by atomic mass is 10.1. The number of methoxy groups -OCH3 is 2. The summed E-state index contributed by atoms with van der Waals surface area (Å²) in [5.74, 6) is 1.08. The first-order valence-electron chi connectivity index (χ1n) is 10.8. The van der Waals surface area contributed by atoms with Crippen molar-refractivity contribution in [1.82, 2.24) is 4.98 Å². The number of anilines is 1. The van der Waals surface area contributed by atoms with Crippen LogP contribution in [0, 0.1) is 6.92 Å². The van der Waals surface area contributed by atoms with Crippen molar-refractivity contribution in [2.45, 2.75) is 32.3 Å². The van der Waals surface area contributed by atoms with Crippen LogP contribution in [0.5, 0.6) is 11.5 Å². The Bertz CT molecular complexity index is 1040. The predicted octanol–water partition coefficient (Wildman–Crippen LogP) is 5.35. The summed E-state index contributed by atoms with van der Waals surface area (Å²) in [6.07, 6.45) is 3.09. The minimum absolute atomic E-state index is 0.00832. The van der Waals surface area contributed by atoms with E-state index in [1.807, 2.05) is 42.6 Å². The van der Waals surface area contributed by atoms with Crippen LogP contribution in [0.1, 0.15) is 35.2 Å². The summed E-state index contributed by atoms with van der Waals surface area (Å²) < 4.78 is 16.9. The van der Waals surface area contributed by atoms with Crippen molar-refractivity contribution in [3.05, 3.63) is 59.0 Å². The fourth-order valence-corrected chi connectivity index (χ4v) is 4.74. The van der Waals surface area contributed by atoms with E-state index in [1.165, 1.54) is 11.3 Å². The molecule has 7 heteroatoms. The van der Waals surface area contributed by atoms with Gasteiger partial charge in [-0.2, -0.15) is 0 Å². The third-order valence-corrected chi connectivity index (χ3v) is 6.56. The highest BCUT2D eigenvalue weighted by Crippen LogP contribution is 2.33. The number of aromatic nitrogens is 1. The minimum atomic E-state index is -0.148. The molecular weight excluding hydrogens is 424 g/mol. The third kappa shape index (κ3) is 4.79. The molecule has 4 rings (SSSR count). The molecule has 1 unspecified atom stereocenters. The van der Waals surface area contributed by atoms with Crippen LogP contribution in [-0.2, 0) is 4.74 Å². The second kappa shape index (κ2) is 10.1. The Morgan fingerprint density at radius 3 is 2.50 bits per heavy atom. The topological polar surface area (TPSA) is 60.9 Å². The smallest absolute Gasteiger partial charge is 0.260 e. The zero-order chi connectivity index (χ0) is 22.5. The van der Waals surface area contributed by atoms with Crippen molar-refractivity contribution in [3.8, 4) is 22.8 Å². The minimum Gasteiger partial charge on any atom is -0.496 e. The van der Waals surface area contributed by atoms with Crippen LogP contribution in [0.4, 0.5) is 5.13 Å². The van der Waals surface area contributed by atoms with E-state index in [1.54, 1.807) is 31.3 Å². The molecule has 1 aromatic heterocycles. The van der Waals surface area contributed by atoms with Crippen molar-refractivity contribution < 1.29 is 19.0 Å². The number of thiazole rings is 1. The zero-order valence-electron chi connectivity index (χ0n) is 18.7. The summed E-state index contributed by atoms with van der Waals surface area (Å²) in [5, 5.41) is 2.64. The molecule has 0 saturated carbocycles. The van der Waals surface area contributed by atoms with Gasteiger partial charge in [0.2, 0.25) is 0 Å². The predicted molar refractivity (Wildman–Crippen MR) is 127 cm³/mol. The lowest BCUT2D eigenvalue weighted by Gasteiger charge is -2.28. The standard InChI is InChI=1S/C25H28N2O4S/c1-17-22(29-2)13-19(14-23(17)30-3)24(28)27(15-20-11-7-8-12-31-20)25-26-21(16-32-25)18-9-5-4-6-10-18/h4-6,9-10,13-14,16,20H,7-8,11-12,15H2,1-3H3. The summed E-state index contributed by atoms with van der Waals surface area (Å²) in [4.78, 5) is 20.3. The Hall–Kier alpha value is -2.90. The van der Waals surface area contributed by atoms with Crippen LogP contribution >= 0.6 is 11.3 Å². The van der Waals surface area contributed by atoms with Crippen LogP contribution in [0.2, 0.25) is 0 Å². The highest BCUT2D eigenvalue weighted by molar-refractivity contribution is 7.14. The molecule has 1 aliphatic heterocycles. The Kier molecular flexibility index (Phi) is 7.07. The van der Waals surface area contributed by atoms with Gasteiger partial charge in [0.1, 0.15) is 11.5 Å². The van der Waals surface area contributed by atoms with Gasteiger partial charge in [0.25, 0.3) is 5.91 Å². The molecule has 6 nitrogen and oxygen atoms in total. The molecule has 2 aromatic carbocycles. The van der Waals surface area contributed by atoms with Gasteiger partial charge in [-0.15, -0.1) is 11.3 Å². The Labute approximate surface area is 192 Å². The van der Waals surface area contributed by atoms with Gasteiger partial charge >= 0.3 is 0 Å². The molecule has 0 spiro atoms. The number of benzene rings is 2. The van der Waals surface area contributed by atoms with Gasteiger partial charge in [-0.1, -0.05) is 30.3 Å². The van der Waals surface area contributed by atoms with E-state index in [9.17, 15) is 4.79 Å². The number of amides is 1. The van der Waals surface area contributed by atoms with Gasteiger partial charge in [-0.25, -0.2) is 4.98 Å². The maximum atomic E-state index is 13.7. The fraction of sp³-hybridized carbons (Fsp3) is 0.360. The fourth-order valence-electron chi connectivity index (χ4n) is 3.90. The maximum absolute atomic E-state index is 13.7. The third-order valence-electron chi connectivity index (χ3n) is 5.70. The highest BCUT2D eigenvalue weighted by atomic mass is 32.1. The molecule has 0 radical (unpaired) electrons. The van der Waals surface area contributed by atoms with Crippen molar-refractivity contribution in [3.63, 3.8) is 0 Å². The molecule has 1 atom stereocenters. The molecule has 1 amide bonds. The average Bonchev–Trinajstić information content (AvgIpc) is 3.33. The number of ether oxygens (including phenoxy) is 3. The SMILES string of the molecule is COc1cc(C(=O)N(CC2CCCCO2)c2nc(-c3ccccc3)cs2)cc(OC)c1C. The van der Waals surface area contributed by atoms with Gasteiger partial charge in [0.05, 0.1) is 32.6 Å². The molecule has 2 heterocycles.